The summed E-state index contributed by atoms with van der Waals surface area (Å²) < 4.78 is 10.5. The molecule has 5 fully saturated rings. The molecule has 5 rings (SSSR count). The minimum Gasteiger partial charge on any atom is -0.469 e. The molecule has 0 amide bonds. The molecule has 25 heavy (non-hydrogen) atoms. The second kappa shape index (κ2) is 6.37. The molecule has 4 aliphatic carbocycles. The van der Waals surface area contributed by atoms with Crippen LogP contribution in [0.25, 0.3) is 0 Å². The van der Waals surface area contributed by atoms with Crippen LogP contribution < -0.4 is 0 Å². The van der Waals surface area contributed by atoms with Gasteiger partial charge in [0.2, 0.25) is 0 Å². The molecule has 4 bridgehead atoms. The summed E-state index contributed by atoms with van der Waals surface area (Å²) in [4.78, 5) is 22.8. The Bertz CT molecular complexity index is 558. The highest BCUT2D eigenvalue weighted by Gasteiger charge is 2.70. The second-order valence-electron chi connectivity index (χ2n) is 9.04. The van der Waals surface area contributed by atoms with Crippen LogP contribution in [-0.4, -0.2) is 31.1 Å². The summed E-state index contributed by atoms with van der Waals surface area (Å²) >= 11 is 0. The van der Waals surface area contributed by atoms with Gasteiger partial charge >= 0.3 is 5.97 Å². The first kappa shape index (κ1) is 17.5. The molecule has 0 N–H and O–H groups in total. The molecule has 4 heteroatoms. The maximum absolute atomic E-state index is 12.3. The van der Waals surface area contributed by atoms with Gasteiger partial charge in [-0.2, -0.15) is 0 Å². The van der Waals surface area contributed by atoms with Crippen molar-refractivity contribution in [2.24, 2.45) is 41.4 Å². The summed E-state index contributed by atoms with van der Waals surface area (Å²) in [5.41, 5.74) is -0.281. The van der Waals surface area contributed by atoms with Crippen LogP contribution in [0.3, 0.4) is 0 Å². The summed E-state index contributed by atoms with van der Waals surface area (Å²) in [5, 5.41) is 0. The highest BCUT2D eigenvalue weighted by Crippen LogP contribution is 2.71. The molecule has 0 aromatic rings. The van der Waals surface area contributed by atoms with E-state index in [2.05, 4.69) is 4.74 Å². The van der Waals surface area contributed by atoms with Gasteiger partial charge in [0.05, 0.1) is 19.6 Å². The molecule has 0 radical (unpaired) electrons. The smallest absolute Gasteiger partial charge is 0.308 e. The van der Waals surface area contributed by atoms with Crippen LogP contribution in [0.2, 0.25) is 0 Å². The van der Waals surface area contributed by atoms with Gasteiger partial charge in [-0.05, 0) is 74.0 Å². The maximum Gasteiger partial charge on any atom is 0.308 e. The Morgan fingerprint density at radius 1 is 1.24 bits per heavy atom. The lowest BCUT2D eigenvalue weighted by atomic mass is 9.65. The zero-order chi connectivity index (χ0) is 17.8. The molecule has 0 aromatic carbocycles. The number of carbonyl (C=O) groups excluding carboxylic acids is 2. The number of rotatable bonds is 2. The zero-order valence-electron chi connectivity index (χ0n) is 15.8. The van der Waals surface area contributed by atoms with Crippen LogP contribution in [0.15, 0.2) is 0 Å². The Morgan fingerprint density at radius 3 is 2.52 bits per heavy atom. The number of hydrogen-bond donors (Lipinski definition) is 0. The molecule has 4 saturated carbocycles. The van der Waals surface area contributed by atoms with E-state index in [0.717, 1.165) is 42.4 Å². The van der Waals surface area contributed by atoms with E-state index in [1.54, 1.807) is 0 Å². The average molecular weight is 348 g/mol. The number of fused-ring (bicyclic) bond motifs is 10. The highest BCUT2D eigenvalue weighted by molar-refractivity contribution is 5.90. The summed E-state index contributed by atoms with van der Waals surface area (Å²) in [7, 11) is 1.41. The Kier molecular flexibility index (Phi) is 4.46. The van der Waals surface area contributed by atoms with E-state index in [1.165, 1.54) is 32.8 Å². The van der Waals surface area contributed by atoms with E-state index in [1.807, 2.05) is 13.8 Å². The van der Waals surface area contributed by atoms with Gasteiger partial charge in [0.15, 0.2) is 5.78 Å². The average Bonchev–Trinajstić information content (AvgIpc) is 3.41. The van der Waals surface area contributed by atoms with E-state index in [4.69, 9.17) is 4.74 Å². The molecular weight excluding hydrogens is 316 g/mol. The summed E-state index contributed by atoms with van der Waals surface area (Å²) in [5.74, 6) is 5.67. The lowest BCUT2D eigenvalue weighted by Gasteiger charge is -2.43. The minimum atomic E-state index is -0.281. The van der Waals surface area contributed by atoms with Crippen molar-refractivity contribution in [3.63, 3.8) is 0 Å². The van der Waals surface area contributed by atoms with E-state index >= 15 is 0 Å². The highest BCUT2D eigenvalue weighted by atomic mass is 16.5. The molecule has 1 aliphatic heterocycles. The van der Waals surface area contributed by atoms with Gasteiger partial charge in [-0.25, -0.2) is 0 Å². The lowest BCUT2D eigenvalue weighted by Crippen LogP contribution is -2.48. The third-order valence-corrected chi connectivity index (χ3v) is 8.15. The fourth-order valence-corrected chi connectivity index (χ4v) is 7.05. The largest absolute Gasteiger partial charge is 0.469 e. The number of Topliss-reactive ketones (excluding diaryl/α,β-unsaturated/α-hetero) is 1. The van der Waals surface area contributed by atoms with Gasteiger partial charge in [-0.15, -0.1) is 0 Å². The van der Waals surface area contributed by atoms with Gasteiger partial charge in [0, 0.05) is 6.42 Å². The van der Waals surface area contributed by atoms with Crippen LogP contribution in [-0.2, 0) is 19.1 Å². The predicted molar refractivity (Wildman–Crippen MR) is 93.8 cm³/mol. The number of esters is 1. The number of hydrogen-bond acceptors (Lipinski definition) is 4. The van der Waals surface area contributed by atoms with E-state index in [0.29, 0.717) is 24.7 Å². The van der Waals surface area contributed by atoms with Crippen molar-refractivity contribution in [2.75, 3.05) is 13.7 Å². The predicted octanol–water partition coefficient (Wildman–Crippen LogP) is 3.62. The van der Waals surface area contributed by atoms with Crippen LogP contribution in [0.1, 0.15) is 58.8 Å². The van der Waals surface area contributed by atoms with Gasteiger partial charge in [0.25, 0.3) is 0 Å². The number of ether oxygens (including phenoxy) is 2. The van der Waals surface area contributed by atoms with Crippen molar-refractivity contribution in [3.05, 3.63) is 0 Å². The molecular formula is C21H32O4. The minimum absolute atomic E-state index is 0.0556. The van der Waals surface area contributed by atoms with Crippen LogP contribution >= 0.6 is 0 Å². The van der Waals surface area contributed by atoms with Crippen molar-refractivity contribution in [2.45, 2.75) is 64.4 Å². The van der Waals surface area contributed by atoms with Crippen molar-refractivity contribution in [1.82, 2.24) is 0 Å². The summed E-state index contributed by atoms with van der Waals surface area (Å²) in [6.45, 7) is 4.51. The molecule has 1 heterocycles. The van der Waals surface area contributed by atoms with Crippen LogP contribution in [0.5, 0.6) is 0 Å². The monoisotopic (exact) mass is 348 g/mol. The van der Waals surface area contributed by atoms with Gasteiger partial charge in [-0.1, -0.05) is 13.8 Å². The third kappa shape index (κ3) is 2.50. The van der Waals surface area contributed by atoms with Gasteiger partial charge in [-0.3, -0.25) is 9.59 Å². The van der Waals surface area contributed by atoms with Crippen molar-refractivity contribution < 1.29 is 19.1 Å². The molecule has 8 unspecified atom stereocenters. The molecule has 1 spiro atoms. The van der Waals surface area contributed by atoms with E-state index in [9.17, 15) is 9.59 Å². The van der Waals surface area contributed by atoms with Crippen molar-refractivity contribution >= 4 is 11.8 Å². The van der Waals surface area contributed by atoms with Crippen molar-refractivity contribution in [3.8, 4) is 0 Å². The summed E-state index contributed by atoms with van der Waals surface area (Å²) in [6.07, 6.45) is 8.35. The molecule has 8 atom stereocenters. The Balaban J connectivity index is 0.000000170. The first-order valence-corrected chi connectivity index (χ1v) is 10.3. The Morgan fingerprint density at radius 2 is 1.96 bits per heavy atom. The third-order valence-electron chi connectivity index (χ3n) is 8.15. The second-order valence-corrected chi connectivity index (χ2v) is 9.04. The van der Waals surface area contributed by atoms with Crippen LogP contribution in [0.4, 0.5) is 0 Å². The van der Waals surface area contributed by atoms with E-state index < -0.39 is 0 Å². The standard InChI is InChI=1S/C15H20O2.C6H12O2/c16-12-3-4-17-15(12)7-10-6-11(15)14-9-2-1-8(5-9)13(10)14;1-4-5(2)6(7)8-3/h8-11,13-14H,1-7H2;5H,4H2,1-3H3. The fourth-order valence-electron chi connectivity index (χ4n) is 7.05. The quantitative estimate of drug-likeness (QED) is 0.565. The Hall–Kier alpha value is -0.900. The number of carbonyl (C=O) groups is 2. The first-order valence-electron chi connectivity index (χ1n) is 10.3. The van der Waals surface area contributed by atoms with Crippen LogP contribution in [0, 0.1) is 41.4 Å². The molecule has 0 aromatic heterocycles. The van der Waals surface area contributed by atoms with E-state index in [-0.39, 0.29) is 17.5 Å². The molecule has 5 aliphatic rings. The Labute approximate surface area is 151 Å². The first-order chi connectivity index (χ1) is 12.0. The van der Waals surface area contributed by atoms with Gasteiger partial charge in [0.1, 0.15) is 5.60 Å². The topological polar surface area (TPSA) is 52.6 Å². The molecule has 140 valence electrons. The number of methoxy groups -OCH3 is 1. The normalized spacial score (nSPS) is 46.9. The molecule has 4 nitrogen and oxygen atoms in total. The number of ketones is 1. The SMILES string of the molecule is CCC(C)C(=O)OC.O=C1CCOC12CC1CC2C2C3CCC(C3)C12. The van der Waals surface area contributed by atoms with Crippen molar-refractivity contribution in [1.29, 1.82) is 0 Å². The summed E-state index contributed by atoms with van der Waals surface area (Å²) in [6, 6.07) is 0. The lowest BCUT2D eigenvalue weighted by molar-refractivity contribution is -0.145. The van der Waals surface area contributed by atoms with Gasteiger partial charge < -0.3 is 9.47 Å². The molecule has 1 saturated heterocycles. The zero-order valence-corrected chi connectivity index (χ0v) is 15.8. The maximum atomic E-state index is 12.3. The fraction of sp³-hybridized carbons (Fsp3) is 0.905.